The van der Waals surface area contributed by atoms with E-state index in [1.807, 2.05) is 21.1 Å². The molecule has 0 heterocycles. The minimum absolute atomic E-state index is 1.07. The Morgan fingerprint density at radius 1 is 1.29 bits per heavy atom. The molecular formula is C10H13IN2S. The maximum absolute atomic E-state index is 4.21. The lowest BCUT2D eigenvalue weighted by Gasteiger charge is -2.12. The number of aliphatic imine (C=N–C) groups is 1. The Morgan fingerprint density at radius 3 is 2.21 bits per heavy atom. The van der Waals surface area contributed by atoms with Crippen molar-refractivity contribution in [1.29, 1.82) is 0 Å². The molecule has 0 aromatic heterocycles. The average molecular weight is 320 g/mol. The lowest BCUT2D eigenvalue weighted by molar-refractivity contribution is 1.13. The topological polar surface area (TPSA) is 15.6 Å². The maximum Gasteiger partial charge on any atom is 0.107 e. The van der Waals surface area contributed by atoms with Gasteiger partial charge >= 0.3 is 0 Å². The molecule has 14 heavy (non-hydrogen) atoms. The molecule has 0 aliphatic heterocycles. The Hall–Kier alpha value is -0.230. The first-order valence-corrected chi connectivity index (χ1v) is 7.58. The van der Waals surface area contributed by atoms with Crippen LogP contribution >= 0.6 is 30.1 Å². The first-order chi connectivity index (χ1) is 6.69. The van der Waals surface area contributed by atoms with E-state index < -0.39 is 0 Å². The van der Waals surface area contributed by atoms with Crippen molar-refractivity contribution >= 4 is 40.9 Å². The normalized spacial score (nSPS) is 11.6. The van der Waals surface area contributed by atoms with Gasteiger partial charge in [0.05, 0.1) is 0 Å². The predicted octanol–water partition coefficient (Wildman–Crippen LogP) is 3.21. The molecule has 0 saturated carbocycles. The van der Waals surface area contributed by atoms with Gasteiger partial charge in [0.25, 0.3) is 0 Å². The summed E-state index contributed by atoms with van der Waals surface area (Å²) >= 11 is 2.25. The molecular weight excluding hydrogens is 307 g/mol. The minimum atomic E-state index is 1.07. The Labute approximate surface area is 101 Å². The molecule has 0 saturated heterocycles. The molecule has 0 fully saturated rings. The number of hydrogen-bond acceptors (Lipinski definition) is 3. The van der Waals surface area contributed by atoms with Crippen molar-refractivity contribution in [2.24, 2.45) is 4.99 Å². The van der Waals surface area contributed by atoms with E-state index in [2.05, 4.69) is 55.4 Å². The van der Waals surface area contributed by atoms with Gasteiger partial charge in [0.2, 0.25) is 0 Å². The summed E-state index contributed by atoms with van der Waals surface area (Å²) in [6, 6.07) is 8.41. The summed E-state index contributed by atoms with van der Waals surface area (Å²) in [5.41, 5.74) is 2.39. The third kappa shape index (κ3) is 2.88. The zero-order chi connectivity index (χ0) is 10.6. The van der Waals surface area contributed by atoms with Gasteiger partial charge in [-0.25, -0.2) is 0 Å². The quantitative estimate of drug-likeness (QED) is 0.472. The van der Waals surface area contributed by atoms with Crippen LogP contribution in [0.4, 0.5) is 5.69 Å². The van der Waals surface area contributed by atoms with E-state index >= 15 is 0 Å². The second kappa shape index (κ2) is 5.60. The molecule has 4 heteroatoms. The van der Waals surface area contributed by atoms with E-state index in [0.717, 1.165) is 5.04 Å². The summed E-state index contributed by atoms with van der Waals surface area (Å²) < 4.78 is 0. The summed E-state index contributed by atoms with van der Waals surface area (Å²) in [5.74, 6) is 0. The van der Waals surface area contributed by atoms with Crippen LogP contribution < -0.4 is 4.90 Å². The van der Waals surface area contributed by atoms with Crippen LogP contribution in [-0.2, 0) is 0 Å². The van der Waals surface area contributed by atoms with Crippen molar-refractivity contribution < 1.29 is 0 Å². The van der Waals surface area contributed by atoms with Crippen molar-refractivity contribution in [3.63, 3.8) is 0 Å². The highest BCUT2D eigenvalue weighted by molar-refractivity contribution is 14.2. The number of anilines is 1. The molecule has 1 aromatic rings. The summed E-state index contributed by atoms with van der Waals surface area (Å²) in [6.07, 6.45) is 0. The highest BCUT2D eigenvalue weighted by Gasteiger charge is 2.02. The zero-order valence-corrected chi connectivity index (χ0v) is 11.5. The Kier molecular flexibility index (Phi) is 4.74. The minimum Gasteiger partial charge on any atom is -0.378 e. The van der Waals surface area contributed by atoms with Crippen LogP contribution in [0.3, 0.4) is 0 Å². The van der Waals surface area contributed by atoms with Crippen molar-refractivity contribution in [1.82, 2.24) is 0 Å². The molecule has 0 spiro atoms. The van der Waals surface area contributed by atoms with E-state index in [1.54, 1.807) is 8.93 Å². The van der Waals surface area contributed by atoms with E-state index in [1.165, 1.54) is 11.3 Å². The van der Waals surface area contributed by atoms with Gasteiger partial charge in [-0.2, -0.15) is 0 Å². The molecule has 0 atom stereocenters. The number of benzene rings is 1. The van der Waals surface area contributed by atoms with Crippen LogP contribution in [0.25, 0.3) is 0 Å². The molecule has 76 valence electrons. The van der Waals surface area contributed by atoms with Crippen LogP contribution in [0.15, 0.2) is 29.3 Å². The molecule has 0 amide bonds. The van der Waals surface area contributed by atoms with Gasteiger partial charge in [0.1, 0.15) is 5.04 Å². The largest absolute Gasteiger partial charge is 0.378 e. The molecule has 1 rings (SSSR count). The molecule has 0 N–H and O–H groups in total. The summed E-state index contributed by atoms with van der Waals surface area (Å²) in [4.78, 5) is 6.30. The van der Waals surface area contributed by atoms with Gasteiger partial charge < -0.3 is 4.90 Å². The van der Waals surface area contributed by atoms with Crippen molar-refractivity contribution in [2.45, 2.75) is 0 Å². The smallest absolute Gasteiger partial charge is 0.107 e. The molecule has 0 aliphatic carbocycles. The van der Waals surface area contributed by atoms with Crippen LogP contribution in [0, 0.1) is 0 Å². The van der Waals surface area contributed by atoms with Crippen molar-refractivity contribution in [3.05, 3.63) is 29.8 Å². The number of rotatable bonds is 2. The third-order valence-electron chi connectivity index (χ3n) is 1.91. The van der Waals surface area contributed by atoms with Crippen LogP contribution in [0.1, 0.15) is 5.56 Å². The Morgan fingerprint density at radius 2 is 1.86 bits per heavy atom. The SMILES string of the molecule is CN=C(SI)c1ccc(N(C)C)cc1. The highest BCUT2D eigenvalue weighted by atomic mass is 127. The lowest BCUT2D eigenvalue weighted by Crippen LogP contribution is -2.08. The van der Waals surface area contributed by atoms with Gasteiger partial charge in [-0.3, -0.25) is 4.99 Å². The predicted molar refractivity (Wildman–Crippen MR) is 74.8 cm³/mol. The molecule has 0 unspecified atom stereocenters. The number of nitrogens with zero attached hydrogens (tertiary/aromatic N) is 2. The first kappa shape index (κ1) is 11.8. The van der Waals surface area contributed by atoms with Gasteiger partial charge in [0, 0.05) is 53.6 Å². The Bertz CT molecular complexity index is 319. The second-order valence-corrected chi connectivity index (χ2v) is 4.91. The average Bonchev–Trinajstić information content (AvgIpc) is 2.20. The second-order valence-electron chi connectivity index (χ2n) is 3.05. The van der Waals surface area contributed by atoms with Gasteiger partial charge in [-0.15, -0.1) is 0 Å². The van der Waals surface area contributed by atoms with Gasteiger partial charge in [-0.1, -0.05) is 12.1 Å². The van der Waals surface area contributed by atoms with Crippen molar-refractivity contribution in [2.75, 3.05) is 26.0 Å². The summed E-state index contributed by atoms with van der Waals surface area (Å²) in [6.45, 7) is 0. The monoisotopic (exact) mass is 320 g/mol. The summed E-state index contributed by atoms with van der Waals surface area (Å²) in [7, 11) is 7.54. The standard InChI is InChI=1S/C10H13IN2S/c1-12-10(14-11)8-4-6-9(7-5-8)13(2)3/h4-7H,1-3H3. The lowest BCUT2D eigenvalue weighted by atomic mass is 10.2. The molecule has 0 radical (unpaired) electrons. The highest BCUT2D eigenvalue weighted by Crippen LogP contribution is 2.22. The van der Waals surface area contributed by atoms with Crippen LogP contribution in [0.5, 0.6) is 0 Å². The van der Waals surface area contributed by atoms with Crippen LogP contribution in [-0.4, -0.2) is 26.2 Å². The number of halogens is 1. The van der Waals surface area contributed by atoms with Gasteiger partial charge in [-0.05, 0) is 21.1 Å². The van der Waals surface area contributed by atoms with E-state index in [4.69, 9.17) is 0 Å². The summed E-state index contributed by atoms with van der Waals surface area (Å²) in [5, 5.41) is 1.07. The van der Waals surface area contributed by atoms with E-state index in [9.17, 15) is 0 Å². The van der Waals surface area contributed by atoms with Crippen molar-refractivity contribution in [3.8, 4) is 0 Å². The van der Waals surface area contributed by atoms with E-state index in [-0.39, 0.29) is 0 Å². The molecule has 1 aromatic carbocycles. The van der Waals surface area contributed by atoms with E-state index in [0.29, 0.717) is 0 Å². The number of hydrogen-bond donors (Lipinski definition) is 0. The fourth-order valence-electron chi connectivity index (χ4n) is 1.11. The molecule has 2 nitrogen and oxygen atoms in total. The van der Waals surface area contributed by atoms with Gasteiger partial charge in [0.15, 0.2) is 0 Å². The third-order valence-corrected chi connectivity index (χ3v) is 3.72. The molecule has 0 aliphatic rings. The van der Waals surface area contributed by atoms with Crippen LogP contribution in [0.2, 0.25) is 0 Å². The zero-order valence-electron chi connectivity index (χ0n) is 8.49. The molecule has 0 bridgehead atoms. The maximum atomic E-state index is 4.21. The fraction of sp³-hybridized carbons (Fsp3) is 0.300. The first-order valence-electron chi connectivity index (χ1n) is 4.22. The Balaban J connectivity index is 2.93. The fourth-order valence-corrected chi connectivity index (χ4v) is 2.76.